The molecule has 184 valence electrons. The van der Waals surface area contributed by atoms with Crippen molar-refractivity contribution in [3.05, 3.63) is 42.0 Å². The van der Waals surface area contributed by atoms with Gasteiger partial charge in [-0.1, -0.05) is 11.3 Å². The number of hydrogen-bond acceptors (Lipinski definition) is 8. The van der Waals surface area contributed by atoms with Gasteiger partial charge in [0.2, 0.25) is 0 Å². The minimum atomic E-state index is -0.0541. The first-order chi connectivity index (χ1) is 16.1. The molecule has 0 bridgehead atoms. The Balaban J connectivity index is 0.00000324. The Morgan fingerprint density at radius 2 is 1.79 bits per heavy atom. The SMILES string of the molecule is COc1ccc(OC)c2sc(N(CCCN3CCOCC3)C(=O)c3ccc(SC)cc3)nc12.Cl. The van der Waals surface area contributed by atoms with Gasteiger partial charge in [-0.05, 0) is 49.1 Å². The number of ether oxygens (including phenoxy) is 3. The molecule has 0 N–H and O–H groups in total. The molecular formula is C24H30ClN3O4S2. The predicted molar refractivity (Wildman–Crippen MR) is 142 cm³/mol. The fourth-order valence-corrected chi connectivity index (χ4v) is 5.35. The number of nitrogens with zero attached hydrogens (tertiary/aromatic N) is 3. The summed E-state index contributed by atoms with van der Waals surface area (Å²) < 4.78 is 17.4. The molecule has 0 radical (unpaired) electrons. The predicted octanol–water partition coefficient (Wildman–Crippen LogP) is 4.83. The summed E-state index contributed by atoms with van der Waals surface area (Å²) >= 11 is 3.11. The number of halogens is 1. The molecule has 4 rings (SSSR count). The van der Waals surface area contributed by atoms with Crippen LogP contribution in [0.25, 0.3) is 10.2 Å². The van der Waals surface area contributed by atoms with Gasteiger partial charge in [0.15, 0.2) is 5.13 Å². The van der Waals surface area contributed by atoms with Crippen molar-refractivity contribution in [2.75, 3.05) is 64.8 Å². The number of rotatable bonds is 9. The van der Waals surface area contributed by atoms with Crippen LogP contribution in [0.3, 0.4) is 0 Å². The van der Waals surface area contributed by atoms with Crippen molar-refractivity contribution in [2.45, 2.75) is 11.3 Å². The number of anilines is 1. The molecule has 2 aromatic carbocycles. The first kappa shape index (κ1) is 26.6. The number of aromatic nitrogens is 1. The van der Waals surface area contributed by atoms with E-state index in [4.69, 9.17) is 19.2 Å². The van der Waals surface area contributed by atoms with Gasteiger partial charge < -0.3 is 14.2 Å². The van der Waals surface area contributed by atoms with E-state index in [9.17, 15) is 4.79 Å². The molecule has 0 atom stereocenters. The Morgan fingerprint density at radius 3 is 2.44 bits per heavy atom. The van der Waals surface area contributed by atoms with Crippen LogP contribution < -0.4 is 14.4 Å². The molecule has 1 aliphatic heterocycles. The molecule has 3 aromatic rings. The number of carbonyl (C=O) groups is 1. The zero-order chi connectivity index (χ0) is 23.2. The van der Waals surface area contributed by atoms with Crippen molar-refractivity contribution in [3.8, 4) is 11.5 Å². The summed E-state index contributed by atoms with van der Waals surface area (Å²) in [6, 6.07) is 11.4. The van der Waals surface area contributed by atoms with Crippen molar-refractivity contribution in [1.29, 1.82) is 0 Å². The molecule has 1 fully saturated rings. The highest BCUT2D eigenvalue weighted by Gasteiger charge is 2.24. The lowest BCUT2D eigenvalue weighted by atomic mass is 10.2. The first-order valence-corrected chi connectivity index (χ1v) is 13.0. The van der Waals surface area contributed by atoms with Gasteiger partial charge in [0.25, 0.3) is 5.91 Å². The van der Waals surface area contributed by atoms with E-state index in [1.54, 1.807) is 30.9 Å². The van der Waals surface area contributed by atoms with E-state index in [-0.39, 0.29) is 18.3 Å². The monoisotopic (exact) mass is 523 g/mol. The summed E-state index contributed by atoms with van der Waals surface area (Å²) in [5.41, 5.74) is 1.36. The Labute approximate surface area is 214 Å². The van der Waals surface area contributed by atoms with Crippen LogP contribution in [-0.4, -0.2) is 75.7 Å². The molecule has 2 heterocycles. The fraction of sp³-hybridized carbons (Fsp3) is 0.417. The van der Waals surface area contributed by atoms with Crippen LogP contribution in [0.4, 0.5) is 5.13 Å². The van der Waals surface area contributed by atoms with Crippen LogP contribution in [0, 0.1) is 0 Å². The number of benzene rings is 2. The minimum Gasteiger partial charge on any atom is -0.495 e. The average Bonchev–Trinajstić information content (AvgIpc) is 3.31. The molecule has 1 aromatic heterocycles. The molecule has 1 saturated heterocycles. The molecule has 10 heteroatoms. The Bertz CT molecular complexity index is 1050. The Hall–Kier alpha value is -2.04. The smallest absolute Gasteiger partial charge is 0.260 e. The first-order valence-electron chi connectivity index (χ1n) is 10.9. The van der Waals surface area contributed by atoms with Crippen LogP contribution in [0.5, 0.6) is 11.5 Å². The molecular weight excluding hydrogens is 494 g/mol. The summed E-state index contributed by atoms with van der Waals surface area (Å²) in [5, 5.41) is 0.647. The number of carbonyl (C=O) groups excluding carboxylic acids is 1. The zero-order valence-corrected chi connectivity index (χ0v) is 22.1. The summed E-state index contributed by atoms with van der Waals surface area (Å²) in [5.74, 6) is 1.33. The number of morpholine rings is 1. The standard InChI is InChI=1S/C24H29N3O4S2.ClH/c1-29-19-9-10-20(30-2)22-21(19)25-24(33-22)27(12-4-11-26-13-15-31-16-14-26)23(28)17-5-7-18(32-3)8-6-17;/h5-10H,4,11-16H2,1-3H3;1H. The van der Waals surface area contributed by atoms with Gasteiger partial charge >= 0.3 is 0 Å². The maximum absolute atomic E-state index is 13.6. The van der Waals surface area contributed by atoms with Gasteiger partial charge in [-0.25, -0.2) is 4.98 Å². The van der Waals surface area contributed by atoms with E-state index < -0.39 is 0 Å². The Kier molecular flexibility index (Phi) is 9.85. The van der Waals surface area contributed by atoms with E-state index in [0.717, 1.165) is 54.6 Å². The van der Waals surface area contributed by atoms with Gasteiger partial charge in [0, 0.05) is 36.6 Å². The summed E-state index contributed by atoms with van der Waals surface area (Å²) in [6.45, 7) is 4.88. The quantitative estimate of drug-likeness (QED) is 0.372. The maximum Gasteiger partial charge on any atom is 0.260 e. The second-order valence-corrected chi connectivity index (χ2v) is 9.49. The van der Waals surface area contributed by atoms with E-state index >= 15 is 0 Å². The normalized spacial score (nSPS) is 14.0. The van der Waals surface area contributed by atoms with Crippen molar-refractivity contribution in [2.24, 2.45) is 0 Å². The van der Waals surface area contributed by atoms with Crippen molar-refractivity contribution in [3.63, 3.8) is 0 Å². The van der Waals surface area contributed by atoms with E-state index in [0.29, 0.717) is 28.5 Å². The van der Waals surface area contributed by atoms with Crippen LogP contribution in [-0.2, 0) is 4.74 Å². The molecule has 0 spiro atoms. The summed E-state index contributed by atoms with van der Waals surface area (Å²) in [4.78, 5) is 23.7. The fourth-order valence-electron chi connectivity index (χ4n) is 3.84. The third-order valence-electron chi connectivity index (χ3n) is 5.67. The highest BCUT2D eigenvalue weighted by Crippen LogP contribution is 2.40. The van der Waals surface area contributed by atoms with Crippen molar-refractivity contribution < 1.29 is 19.0 Å². The van der Waals surface area contributed by atoms with Gasteiger partial charge in [-0.3, -0.25) is 14.6 Å². The Morgan fingerprint density at radius 1 is 1.12 bits per heavy atom. The third kappa shape index (κ3) is 5.95. The number of hydrogen-bond donors (Lipinski definition) is 0. The van der Waals surface area contributed by atoms with Gasteiger partial charge in [0.1, 0.15) is 21.7 Å². The molecule has 1 aliphatic rings. The minimum absolute atomic E-state index is 0. The molecule has 7 nitrogen and oxygen atoms in total. The zero-order valence-electron chi connectivity index (χ0n) is 19.6. The highest BCUT2D eigenvalue weighted by molar-refractivity contribution is 7.98. The molecule has 0 unspecified atom stereocenters. The topological polar surface area (TPSA) is 64.1 Å². The third-order valence-corrected chi connectivity index (χ3v) is 7.51. The second kappa shape index (κ2) is 12.6. The van der Waals surface area contributed by atoms with Crippen LogP contribution >= 0.6 is 35.5 Å². The van der Waals surface area contributed by atoms with Crippen LogP contribution in [0.2, 0.25) is 0 Å². The number of thioether (sulfide) groups is 1. The average molecular weight is 524 g/mol. The summed E-state index contributed by atoms with van der Waals surface area (Å²) in [6.07, 6.45) is 2.87. The number of fused-ring (bicyclic) bond motifs is 1. The molecule has 1 amide bonds. The highest BCUT2D eigenvalue weighted by atomic mass is 35.5. The molecule has 0 aliphatic carbocycles. The van der Waals surface area contributed by atoms with Gasteiger partial charge in [-0.2, -0.15) is 0 Å². The van der Waals surface area contributed by atoms with Gasteiger partial charge in [-0.15, -0.1) is 24.2 Å². The molecule has 34 heavy (non-hydrogen) atoms. The second-order valence-electron chi connectivity index (χ2n) is 7.64. The van der Waals surface area contributed by atoms with Crippen molar-refractivity contribution in [1.82, 2.24) is 9.88 Å². The van der Waals surface area contributed by atoms with Crippen LogP contribution in [0.15, 0.2) is 41.3 Å². The van der Waals surface area contributed by atoms with Crippen LogP contribution in [0.1, 0.15) is 16.8 Å². The lowest BCUT2D eigenvalue weighted by molar-refractivity contribution is 0.0376. The number of methoxy groups -OCH3 is 2. The number of thiazole rings is 1. The molecule has 0 saturated carbocycles. The lowest BCUT2D eigenvalue weighted by Crippen LogP contribution is -2.39. The van der Waals surface area contributed by atoms with E-state index in [1.807, 2.05) is 42.7 Å². The van der Waals surface area contributed by atoms with E-state index in [2.05, 4.69) is 4.90 Å². The summed E-state index contributed by atoms with van der Waals surface area (Å²) in [7, 11) is 3.26. The number of amides is 1. The lowest BCUT2D eigenvalue weighted by Gasteiger charge is -2.27. The van der Waals surface area contributed by atoms with E-state index in [1.165, 1.54) is 11.3 Å². The van der Waals surface area contributed by atoms with Gasteiger partial charge in [0.05, 0.1) is 27.4 Å². The largest absolute Gasteiger partial charge is 0.495 e. The van der Waals surface area contributed by atoms with Crippen molar-refractivity contribution >= 4 is 56.8 Å². The maximum atomic E-state index is 13.6.